The largest absolute Gasteiger partial charge is 0.426 e. The predicted octanol–water partition coefficient (Wildman–Crippen LogP) is 2.07. The molecule has 1 amide bonds. The lowest BCUT2D eigenvalue weighted by Crippen LogP contribution is -2.44. The first-order valence-electron chi connectivity index (χ1n) is 7.67. The van der Waals surface area contributed by atoms with Gasteiger partial charge in [0.25, 0.3) is 0 Å². The Bertz CT molecular complexity index is 757. The van der Waals surface area contributed by atoms with E-state index in [9.17, 15) is 14.0 Å². The van der Waals surface area contributed by atoms with Gasteiger partial charge in [-0.05, 0) is 30.7 Å². The second-order valence-corrected chi connectivity index (χ2v) is 5.92. The molecule has 0 unspecified atom stereocenters. The number of halogens is 1. The Morgan fingerprint density at radius 2 is 2.00 bits per heavy atom. The number of carbonyl (C=O) groups excluding carboxylic acids is 2. The molecule has 1 saturated heterocycles. The van der Waals surface area contributed by atoms with E-state index in [1.165, 1.54) is 24.3 Å². The summed E-state index contributed by atoms with van der Waals surface area (Å²) in [6.45, 7) is 0. The van der Waals surface area contributed by atoms with Crippen LogP contribution in [0.3, 0.4) is 0 Å². The van der Waals surface area contributed by atoms with Gasteiger partial charge in [-0.1, -0.05) is 0 Å². The highest BCUT2D eigenvalue weighted by atomic mass is 19.1. The van der Waals surface area contributed by atoms with Crippen molar-refractivity contribution < 1.29 is 18.7 Å². The molecular weight excluding hydrogens is 313 g/mol. The van der Waals surface area contributed by atoms with Gasteiger partial charge in [-0.25, -0.2) is 4.39 Å². The van der Waals surface area contributed by atoms with Gasteiger partial charge in [0.2, 0.25) is 5.91 Å². The Labute approximate surface area is 138 Å². The van der Waals surface area contributed by atoms with E-state index in [-0.39, 0.29) is 18.1 Å². The van der Waals surface area contributed by atoms with E-state index in [0.29, 0.717) is 6.42 Å². The fraction of sp³-hybridized carbons (Fsp3) is 0.353. The lowest BCUT2D eigenvalue weighted by Gasteiger charge is -2.37. The molecule has 24 heavy (non-hydrogen) atoms. The normalized spacial score (nSPS) is 21.0. The van der Waals surface area contributed by atoms with E-state index in [1.807, 2.05) is 0 Å². The summed E-state index contributed by atoms with van der Waals surface area (Å²) < 4.78 is 20.0. The molecule has 3 rings (SSSR count). The van der Waals surface area contributed by atoms with Crippen molar-refractivity contribution >= 4 is 11.9 Å². The highest BCUT2D eigenvalue weighted by Crippen LogP contribution is 2.36. The highest BCUT2D eigenvalue weighted by Gasteiger charge is 2.40. The minimum atomic E-state index is -0.498. The molecule has 6 nitrogen and oxygen atoms in total. The van der Waals surface area contributed by atoms with Crippen LogP contribution in [-0.2, 0) is 16.6 Å². The van der Waals surface area contributed by atoms with Crippen LogP contribution in [0, 0.1) is 11.7 Å². The van der Waals surface area contributed by atoms with Crippen LogP contribution in [0.2, 0.25) is 0 Å². The molecule has 126 valence electrons. The molecule has 0 bridgehead atoms. The third-order valence-corrected chi connectivity index (χ3v) is 4.26. The Morgan fingerprint density at radius 1 is 1.29 bits per heavy atom. The maximum atomic E-state index is 13.0. The number of nitrogens with zero attached hydrogens (tertiary/aromatic N) is 3. The van der Waals surface area contributed by atoms with Crippen molar-refractivity contribution in [1.29, 1.82) is 0 Å². The molecule has 0 radical (unpaired) electrons. The Morgan fingerprint density at radius 3 is 2.62 bits per heavy atom. The van der Waals surface area contributed by atoms with Crippen molar-refractivity contribution in [3.8, 4) is 5.75 Å². The summed E-state index contributed by atoms with van der Waals surface area (Å²) in [5.41, 5.74) is 0.786. The number of benzene rings is 1. The smallest absolute Gasteiger partial charge is 0.316 e. The molecule has 1 aliphatic heterocycles. The zero-order valence-electron chi connectivity index (χ0n) is 13.5. The van der Waals surface area contributed by atoms with Gasteiger partial charge >= 0.3 is 5.97 Å². The second kappa shape index (κ2) is 6.43. The Kier molecular flexibility index (Phi) is 4.33. The summed E-state index contributed by atoms with van der Waals surface area (Å²) in [6, 6.07) is 4.86. The fourth-order valence-corrected chi connectivity index (χ4v) is 3.03. The van der Waals surface area contributed by atoms with Crippen molar-refractivity contribution in [2.75, 3.05) is 7.05 Å². The lowest BCUT2D eigenvalue weighted by molar-refractivity contribution is -0.148. The predicted molar refractivity (Wildman–Crippen MR) is 83.5 cm³/mol. The van der Waals surface area contributed by atoms with Crippen LogP contribution in [-0.4, -0.2) is 33.6 Å². The van der Waals surface area contributed by atoms with E-state index in [1.54, 1.807) is 36.1 Å². The topological polar surface area (TPSA) is 64.4 Å². The van der Waals surface area contributed by atoms with Crippen molar-refractivity contribution in [2.24, 2.45) is 13.0 Å². The van der Waals surface area contributed by atoms with Gasteiger partial charge in [-0.15, -0.1) is 0 Å². The molecule has 1 fully saturated rings. The van der Waals surface area contributed by atoms with E-state index in [0.717, 1.165) is 5.56 Å². The maximum Gasteiger partial charge on any atom is 0.316 e. The summed E-state index contributed by atoms with van der Waals surface area (Å²) in [6.07, 6.45) is 4.13. The summed E-state index contributed by atoms with van der Waals surface area (Å²) >= 11 is 0. The van der Waals surface area contributed by atoms with Gasteiger partial charge in [0.15, 0.2) is 0 Å². The number of aromatic nitrogens is 2. The molecule has 2 aromatic rings. The van der Waals surface area contributed by atoms with Gasteiger partial charge in [0.05, 0.1) is 18.2 Å². The maximum absolute atomic E-state index is 13.0. The van der Waals surface area contributed by atoms with Crippen LogP contribution in [0.15, 0.2) is 36.7 Å². The van der Waals surface area contributed by atoms with E-state index in [2.05, 4.69) is 5.10 Å². The highest BCUT2D eigenvalue weighted by molar-refractivity contribution is 5.83. The lowest BCUT2D eigenvalue weighted by atomic mass is 9.86. The van der Waals surface area contributed by atoms with Crippen LogP contribution >= 0.6 is 0 Å². The number of likely N-dealkylation sites (tertiary alicyclic amines) is 1. The number of hydrogen-bond acceptors (Lipinski definition) is 4. The SMILES string of the molecule is CN1C(=O)CC[C@H](C(=O)Oc2ccc(F)cc2)[C@@H]1c1cnn(C)c1. The van der Waals surface area contributed by atoms with Crippen LogP contribution < -0.4 is 4.74 Å². The first-order chi connectivity index (χ1) is 11.5. The standard InChI is InChI=1S/C17H18FN3O3/c1-20-10-11(9-19-20)16-14(7-8-15(22)21(16)2)17(23)24-13-5-3-12(18)4-6-13/h3-6,9-10,14,16H,7-8H2,1-2H3/t14-,16-/m0/s1. The molecule has 0 saturated carbocycles. The number of ether oxygens (including phenoxy) is 1. The number of carbonyl (C=O) groups is 2. The van der Waals surface area contributed by atoms with Crippen LogP contribution in [0.4, 0.5) is 4.39 Å². The Balaban J connectivity index is 1.84. The van der Waals surface area contributed by atoms with E-state index >= 15 is 0 Å². The Hall–Kier alpha value is -2.70. The minimum Gasteiger partial charge on any atom is -0.426 e. The monoisotopic (exact) mass is 331 g/mol. The molecule has 2 atom stereocenters. The van der Waals surface area contributed by atoms with Crippen molar-refractivity contribution in [1.82, 2.24) is 14.7 Å². The van der Waals surface area contributed by atoms with Gasteiger partial charge in [-0.2, -0.15) is 5.10 Å². The molecule has 7 heteroatoms. The summed E-state index contributed by atoms with van der Waals surface area (Å²) in [5, 5.41) is 4.12. The molecule has 0 N–H and O–H groups in total. The molecule has 2 heterocycles. The van der Waals surface area contributed by atoms with Gasteiger partial charge in [0.1, 0.15) is 11.6 Å². The van der Waals surface area contributed by atoms with Crippen LogP contribution in [0.1, 0.15) is 24.4 Å². The molecule has 0 spiro atoms. The van der Waals surface area contributed by atoms with Crippen molar-refractivity contribution in [3.63, 3.8) is 0 Å². The van der Waals surface area contributed by atoms with E-state index < -0.39 is 23.7 Å². The molecule has 1 aliphatic rings. The van der Waals surface area contributed by atoms with Gasteiger partial charge < -0.3 is 9.64 Å². The third-order valence-electron chi connectivity index (χ3n) is 4.26. The number of piperidine rings is 1. The molecule has 1 aromatic heterocycles. The molecule has 0 aliphatic carbocycles. The van der Waals surface area contributed by atoms with Gasteiger partial charge in [-0.3, -0.25) is 14.3 Å². The first-order valence-corrected chi connectivity index (χ1v) is 7.67. The summed E-state index contributed by atoms with van der Waals surface area (Å²) in [4.78, 5) is 26.2. The number of rotatable bonds is 3. The van der Waals surface area contributed by atoms with Crippen molar-refractivity contribution in [3.05, 3.63) is 48.0 Å². The fourth-order valence-electron chi connectivity index (χ4n) is 3.03. The number of esters is 1. The zero-order chi connectivity index (χ0) is 17.3. The van der Waals surface area contributed by atoms with Crippen LogP contribution in [0.5, 0.6) is 5.75 Å². The zero-order valence-corrected chi connectivity index (χ0v) is 13.5. The quantitative estimate of drug-likeness (QED) is 0.638. The average Bonchev–Trinajstić information content (AvgIpc) is 2.98. The second-order valence-electron chi connectivity index (χ2n) is 5.92. The van der Waals surface area contributed by atoms with Crippen molar-refractivity contribution in [2.45, 2.75) is 18.9 Å². The molecular formula is C17H18FN3O3. The first kappa shape index (κ1) is 16.2. The molecule has 1 aromatic carbocycles. The number of aryl methyl sites for hydroxylation is 1. The van der Waals surface area contributed by atoms with Crippen LogP contribution in [0.25, 0.3) is 0 Å². The van der Waals surface area contributed by atoms with Gasteiger partial charge in [0, 0.05) is 32.3 Å². The minimum absolute atomic E-state index is 0.0188. The van der Waals surface area contributed by atoms with E-state index in [4.69, 9.17) is 4.74 Å². The average molecular weight is 331 g/mol. The summed E-state index contributed by atoms with van der Waals surface area (Å²) in [5.74, 6) is -1.07. The number of amides is 1. The third kappa shape index (κ3) is 3.15. The number of hydrogen-bond donors (Lipinski definition) is 0. The summed E-state index contributed by atoms with van der Waals surface area (Å²) in [7, 11) is 3.46.